The van der Waals surface area contributed by atoms with E-state index in [4.69, 9.17) is 0 Å². The van der Waals surface area contributed by atoms with Gasteiger partial charge in [0.2, 0.25) is 0 Å². The number of benzene rings is 1. The summed E-state index contributed by atoms with van der Waals surface area (Å²) in [5.41, 5.74) is 2.91. The third-order valence-electron chi connectivity index (χ3n) is 4.02. The molecule has 0 radical (unpaired) electrons. The molecule has 0 fully saturated rings. The first kappa shape index (κ1) is 18.4. The van der Waals surface area contributed by atoms with Crippen molar-refractivity contribution < 1.29 is 9.90 Å². The molecule has 0 bridgehead atoms. The lowest BCUT2D eigenvalue weighted by Gasteiger charge is -2.24. The van der Waals surface area contributed by atoms with E-state index in [0.29, 0.717) is 11.6 Å². The van der Waals surface area contributed by atoms with Gasteiger partial charge in [0.25, 0.3) is 0 Å². The van der Waals surface area contributed by atoms with Gasteiger partial charge in [0, 0.05) is 5.57 Å². The number of hydrogen-bond acceptors (Lipinski definition) is 1. The van der Waals surface area contributed by atoms with Gasteiger partial charge >= 0.3 is 5.97 Å². The Bertz CT molecular complexity index is 564. The van der Waals surface area contributed by atoms with Crippen molar-refractivity contribution >= 4 is 19.2 Å². The maximum absolute atomic E-state index is 11.7. The molecule has 0 aliphatic carbocycles. The molecule has 0 heterocycles. The summed E-state index contributed by atoms with van der Waals surface area (Å²) in [5.74, 6) is -0.758. The van der Waals surface area contributed by atoms with Crippen LogP contribution in [0.5, 0.6) is 0 Å². The molecule has 1 N–H and O–H groups in total. The van der Waals surface area contributed by atoms with Crippen LogP contribution in [-0.2, 0) is 4.79 Å². The van der Waals surface area contributed by atoms with Crippen molar-refractivity contribution in [3.8, 4) is 0 Å². The van der Waals surface area contributed by atoms with Crippen LogP contribution < -0.4 is 5.19 Å². The van der Waals surface area contributed by atoms with Gasteiger partial charge in [-0.1, -0.05) is 65.8 Å². The Kier molecular flexibility index (Phi) is 6.82. The molecular formula is C19H28O2Si. The molecule has 3 heteroatoms. The molecule has 120 valence electrons. The maximum atomic E-state index is 11.7. The average molecular weight is 317 g/mol. The summed E-state index contributed by atoms with van der Waals surface area (Å²) < 4.78 is 0. The predicted molar refractivity (Wildman–Crippen MR) is 97.4 cm³/mol. The molecule has 0 atom stereocenters. The fourth-order valence-corrected chi connectivity index (χ4v) is 5.21. The number of rotatable bonds is 7. The molecule has 0 aliphatic rings. The predicted octanol–water partition coefficient (Wildman–Crippen LogP) is 4.75. The van der Waals surface area contributed by atoms with Crippen molar-refractivity contribution in [1.29, 1.82) is 0 Å². The summed E-state index contributed by atoms with van der Waals surface area (Å²) in [6.07, 6.45) is 3.91. The van der Waals surface area contributed by atoms with Crippen LogP contribution in [0.1, 0.15) is 33.6 Å². The Labute approximate surface area is 135 Å². The first-order chi connectivity index (χ1) is 10.2. The van der Waals surface area contributed by atoms with Gasteiger partial charge in [-0.2, -0.15) is 0 Å². The summed E-state index contributed by atoms with van der Waals surface area (Å²) in [5, 5.41) is 10.9. The fourth-order valence-electron chi connectivity index (χ4n) is 2.57. The summed E-state index contributed by atoms with van der Waals surface area (Å²) >= 11 is 0. The number of carbonyl (C=O) groups is 1. The standard InChI is InChI=1S/C19H28O2Si/c1-15(2)10-9-11-16(3)18(19(20)21)14-22(4,5)17-12-7-6-8-13-17/h6-8,10,12-13H,9,11,14H2,1-5H3,(H,20,21)/b18-16+. The second-order valence-electron chi connectivity index (χ2n) is 6.81. The van der Waals surface area contributed by atoms with E-state index >= 15 is 0 Å². The quantitative estimate of drug-likeness (QED) is 0.448. The zero-order valence-corrected chi connectivity index (χ0v) is 15.4. The smallest absolute Gasteiger partial charge is 0.331 e. The molecule has 0 aromatic heterocycles. The molecule has 1 aromatic rings. The van der Waals surface area contributed by atoms with Crippen molar-refractivity contribution in [1.82, 2.24) is 0 Å². The lowest BCUT2D eigenvalue weighted by Crippen LogP contribution is -2.42. The van der Waals surface area contributed by atoms with Crippen molar-refractivity contribution in [2.75, 3.05) is 0 Å². The first-order valence-electron chi connectivity index (χ1n) is 7.85. The van der Waals surface area contributed by atoms with Gasteiger partial charge in [-0.25, -0.2) is 4.79 Å². The summed E-state index contributed by atoms with van der Waals surface area (Å²) in [6.45, 7) is 10.6. The van der Waals surface area contributed by atoms with E-state index in [1.54, 1.807) is 0 Å². The lowest BCUT2D eigenvalue weighted by atomic mass is 10.1. The Morgan fingerprint density at radius 3 is 2.23 bits per heavy atom. The van der Waals surface area contributed by atoms with E-state index < -0.39 is 14.0 Å². The van der Waals surface area contributed by atoms with Crippen LogP contribution in [0, 0.1) is 0 Å². The average Bonchev–Trinajstić information content (AvgIpc) is 2.45. The van der Waals surface area contributed by atoms with Gasteiger partial charge in [-0.15, -0.1) is 0 Å². The van der Waals surface area contributed by atoms with Crippen LogP contribution in [0.2, 0.25) is 19.1 Å². The molecule has 0 unspecified atom stereocenters. The van der Waals surface area contributed by atoms with Crippen LogP contribution in [0.15, 0.2) is 53.1 Å². The molecule has 2 nitrogen and oxygen atoms in total. The minimum absolute atomic E-state index is 0.614. The van der Waals surface area contributed by atoms with E-state index in [9.17, 15) is 9.90 Å². The van der Waals surface area contributed by atoms with E-state index in [-0.39, 0.29) is 0 Å². The maximum Gasteiger partial charge on any atom is 0.331 e. The number of aliphatic carboxylic acids is 1. The molecule has 0 saturated carbocycles. The van der Waals surface area contributed by atoms with Gasteiger partial charge < -0.3 is 5.11 Å². The largest absolute Gasteiger partial charge is 0.478 e. The molecule has 0 amide bonds. The number of allylic oxidation sites excluding steroid dienone is 3. The molecular weight excluding hydrogens is 288 g/mol. The van der Waals surface area contributed by atoms with Gasteiger partial charge in [0.15, 0.2) is 0 Å². The van der Waals surface area contributed by atoms with Crippen molar-refractivity contribution in [2.45, 2.75) is 52.8 Å². The highest BCUT2D eigenvalue weighted by Crippen LogP contribution is 2.23. The third kappa shape index (κ3) is 5.64. The molecule has 0 spiro atoms. The molecule has 1 aromatic carbocycles. The first-order valence-corrected chi connectivity index (χ1v) is 11.1. The molecule has 1 rings (SSSR count). The monoisotopic (exact) mass is 316 g/mol. The SMILES string of the molecule is CC(C)=CCC/C(C)=C(\C[Si](C)(C)c1ccccc1)C(=O)O. The van der Waals surface area contributed by atoms with Crippen LogP contribution in [-0.4, -0.2) is 19.1 Å². The second-order valence-corrected chi connectivity index (χ2v) is 11.5. The Morgan fingerprint density at radius 2 is 1.73 bits per heavy atom. The topological polar surface area (TPSA) is 37.3 Å². The van der Waals surface area contributed by atoms with Crippen molar-refractivity contribution in [3.05, 3.63) is 53.1 Å². The second kappa shape index (κ2) is 8.13. The van der Waals surface area contributed by atoms with Crippen molar-refractivity contribution in [2.24, 2.45) is 0 Å². The molecule has 22 heavy (non-hydrogen) atoms. The Hall–Kier alpha value is -1.61. The number of carboxylic acids is 1. The highest BCUT2D eigenvalue weighted by atomic mass is 28.3. The van der Waals surface area contributed by atoms with E-state index in [0.717, 1.165) is 18.4 Å². The third-order valence-corrected chi connectivity index (χ3v) is 7.15. The van der Waals surface area contributed by atoms with E-state index in [1.165, 1.54) is 10.8 Å². The minimum Gasteiger partial charge on any atom is -0.478 e. The van der Waals surface area contributed by atoms with Crippen LogP contribution >= 0.6 is 0 Å². The number of carboxylic acid groups (broad SMARTS) is 1. The highest BCUT2D eigenvalue weighted by molar-refractivity contribution is 6.90. The minimum atomic E-state index is -1.78. The number of hydrogen-bond donors (Lipinski definition) is 1. The van der Waals surface area contributed by atoms with Crippen LogP contribution in [0.4, 0.5) is 0 Å². The zero-order chi connectivity index (χ0) is 16.8. The van der Waals surface area contributed by atoms with Crippen LogP contribution in [0.25, 0.3) is 0 Å². The fraction of sp³-hybridized carbons (Fsp3) is 0.421. The normalized spacial score (nSPS) is 12.6. The molecule has 0 aliphatic heterocycles. The zero-order valence-electron chi connectivity index (χ0n) is 14.4. The summed E-state index contributed by atoms with van der Waals surface area (Å²) in [6, 6.07) is 11.0. The van der Waals surface area contributed by atoms with Crippen LogP contribution in [0.3, 0.4) is 0 Å². The summed E-state index contributed by atoms with van der Waals surface area (Å²) in [7, 11) is -1.78. The van der Waals surface area contributed by atoms with Gasteiger partial charge in [-0.05, 0) is 39.7 Å². The summed E-state index contributed by atoms with van der Waals surface area (Å²) in [4.78, 5) is 11.7. The van der Waals surface area contributed by atoms with E-state index in [2.05, 4.69) is 45.2 Å². The van der Waals surface area contributed by atoms with Gasteiger partial charge in [0.1, 0.15) is 0 Å². The van der Waals surface area contributed by atoms with Gasteiger partial charge in [0.05, 0.1) is 8.07 Å². The lowest BCUT2D eigenvalue weighted by molar-refractivity contribution is -0.132. The Morgan fingerprint density at radius 1 is 1.14 bits per heavy atom. The highest BCUT2D eigenvalue weighted by Gasteiger charge is 2.28. The Balaban J connectivity index is 2.96. The van der Waals surface area contributed by atoms with Gasteiger partial charge in [-0.3, -0.25) is 0 Å². The molecule has 0 saturated heterocycles. The van der Waals surface area contributed by atoms with Crippen molar-refractivity contribution in [3.63, 3.8) is 0 Å². The van der Waals surface area contributed by atoms with E-state index in [1.807, 2.05) is 25.1 Å².